The van der Waals surface area contributed by atoms with Gasteiger partial charge in [-0.25, -0.2) is 0 Å². The second-order valence-electron chi connectivity index (χ2n) is 4.01. The zero-order valence-corrected chi connectivity index (χ0v) is 10.2. The molecule has 20 heavy (non-hydrogen) atoms. The van der Waals surface area contributed by atoms with Gasteiger partial charge in [-0.3, -0.25) is 14.9 Å². The average Bonchev–Trinajstić information content (AvgIpc) is 2.45. The maximum atomic E-state index is 11.8. The Labute approximate surface area is 113 Å². The zero-order chi connectivity index (χ0) is 14.7. The van der Waals surface area contributed by atoms with E-state index in [1.165, 1.54) is 12.1 Å². The lowest BCUT2D eigenvalue weighted by molar-refractivity contribution is 0.0848. The molecule has 0 radical (unpaired) electrons. The molecule has 0 atom stereocenters. The first kappa shape index (κ1) is 13.4. The van der Waals surface area contributed by atoms with Gasteiger partial charge in [0.05, 0.1) is 0 Å². The number of amides is 2. The third-order valence-corrected chi connectivity index (χ3v) is 2.59. The fraction of sp³-hybridized carbons (Fsp3) is 0. The third kappa shape index (κ3) is 2.69. The molecule has 2 aromatic rings. The summed E-state index contributed by atoms with van der Waals surface area (Å²) < 4.78 is 0. The minimum absolute atomic E-state index is 0.151. The van der Waals surface area contributed by atoms with Gasteiger partial charge < -0.3 is 15.3 Å². The second kappa shape index (κ2) is 5.31. The van der Waals surface area contributed by atoms with Gasteiger partial charge in [0.25, 0.3) is 11.8 Å². The molecule has 102 valence electrons. The number of nitrogens with one attached hydrogen (secondary N) is 1. The molecule has 2 rings (SSSR count). The van der Waals surface area contributed by atoms with Crippen LogP contribution < -0.4 is 5.32 Å². The summed E-state index contributed by atoms with van der Waals surface area (Å²) >= 11 is 0. The Balaban J connectivity index is 2.19. The maximum Gasteiger partial charge on any atom is 0.258 e. The summed E-state index contributed by atoms with van der Waals surface area (Å²) in [4.78, 5) is 23.6. The molecule has 0 aliphatic rings. The molecule has 0 saturated heterocycles. The van der Waals surface area contributed by atoms with Gasteiger partial charge in [0, 0.05) is 11.1 Å². The highest BCUT2D eigenvalue weighted by atomic mass is 16.3. The Morgan fingerprint density at radius 1 is 0.800 bits per heavy atom. The average molecular weight is 273 g/mol. The van der Waals surface area contributed by atoms with Crippen molar-refractivity contribution < 1.29 is 24.9 Å². The van der Waals surface area contributed by atoms with Crippen LogP contribution in [0.2, 0.25) is 0 Å². The molecule has 6 nitrogen and oxygen atoms in total. The molecule has 0 aliphatic heterocycles. The highest BCUT2D eigenvalue weighted by molar-refractivity contribution is 6.10. The van der Waals surface area contributed by atoms with Gasteiger partial charge in [-0.2, -0.15) is 0 Å². The minimum atomic E-state index is -0.801. The maximum absolute atomic E-state index is 11.8. The van der Waals surface area contributed by atoms with Crippen molar-refractivity contribution in [2.75, 3.05) is 0 Å². The smallest absolute Gasteiger partial charge is 0.258 e. The molecule has 0 aromatic heterocycles. The summed E-state index contributed by atoms with van der Waals surface area (Å²) in [5.41, 5.74) is 0.148. The summed E-state index contributed by atoms with van der Waals surface area (Å²) in [6, 6.07) is 10.00. The highest BCUT2D eigenvalue weighted by Gasteiger charge is 2.16. The van der Waals surface area contributed by atoms with Crippen LogP contribution in [0.15, 0.2) is 42.5 Å². The molecule has 0 bridgehead atoms. The number of imide groups is 1. The van der Waals surface area contributed by atoms with Crippen LogP contribution >= 0.6 is 0 Å². The molecule has 0 fully saturated rings. The normalized spacial score (nSPS) is 10.0. The van der Waals surface area contributed by atoms with Gasteiger partial charge in [0.1, 0.15) is 0 Å². The lowest BCUT2D eigenvalue weighted by Crippen LogP contribution is -2.30. The number of rotatable bonds is 2. The van der Waals surface area contributed by atoms with Gasteiger partial charge in [0.15, 0.2) is 17.2 Å². The van der Waals surface area contributed by atoms with Gasteiger partial charge >= 0.3 is 0 Å². The summed E-state index contributed by atoms with van der Waals surface area (Å²) in [5.74, 6) is -3.44. The molecule has 2 aromatic carbocycles. The van der Waals surface area contributed by atoms with E-state index in [0.717, 1.165) is 12.1 Å². The lowest BCUT2D eigenvalue weighted by Gasteiger charge is -2.06. The molecule has 2 amide bonds. The number of carbonyl (C=O) groups is 2. The van der Waals surface area contributed by atoms with Crippen molar-refractivity contribution in [2.24, 2.45) is 0 Å². The van der Waals surface area contributed by atoms with E-state index in [1.807, 2.05) is 0 Å². The van der Waals surface area contributed by atoms with Crippen LogP contribution in [-0.4, -0.2) is 27.1 Å². The van der Waals surface area contributed by atoms with E-state index in [1.54, 1.807) is 18.2 Å². The van der Waals surface area contributed by atoms with Crippen LogP contribution in [-0.2, 0) is 0 Å². The van der Waals surface area contributed by atoms with Crippen molar-refractivity contribution in [2.45, 2.75) is 0 Å². The molecule has 0 aliphatic carbocycles. The van der Waals surface area contributed by atoms with Crippen LogP contribution in [0.4, 0.5) is 0 Å². The fourth-order valence-corrected chi connectivity index (χ4v) is 1.57. The van der Waals surface area contributed by atoms with Gasteiger partial charge in [-0.05, 0) is 24.3 Å². The van der Waals surface area contributed by atoms with Crippen molar-refractivity contribution in [3.8, 4) is 17.2 Å². The first-order chi connectivity index (χ1) is 9.49. The van der Waals surface area contributed by atoms with Crippen LogP contribution in [0.25, 0.3) is 0 Å². The van der Waals surface area contributed by atoms with Crippen molar-refractivity contribution in [3.05, 3.63) is 53.6 Å². The van der Waals surface area contributed by atoms with E-state index in [9.17, 15) is 24.9 Å². The molecule has 6 heteroatoms. The number of hydrogen-bond acceptors (Lipinski definition) is 5. The fourth-order valence-electron chi connectivity index (χ4n) is 1.57. The standard InChI is InChI=1S/C14H11NO5/c16-10-6-9(7-11(17)12(10)18)14(20)15-13(19)8-4-2-1-3-5-8/h1-7,16-18H,(H,15,19,20). The Kier molecular flexibility index (Phi) is 3.56. The molecule has 4 N–H and O–H groups in total. The van der Waals surface area contributed by atoms with E-state index in [-0.39, 0.29) is 5.56 Å². The number of phenols is 3. The first-order valence-electron chi connectivity index (χ1n) is 5.64. The number of phenolic OH excluding ortho intramolecular Hbond substituents is 3. The summed E-state index contributed by atoms with van der Waals surface area (Å²) in [5, 5.41) is 29.9. The van der Waals surface area contributed by atoms with Crippen LogP contribution in [0.5, 0.6) is 17.2 Å². The van der Waals surface area contributed by atoms with Crippen LogP contribution in [0.3, 0.4) is 0 Å². The highest BCUT2D eigenvalue weighted by Crippen LogP contribution is 2.35. The predicted octanol–water partition coefficient (Wildman–Crippen LogP) is 1.37. The van der Waals surface area contributed by atoms with Crippen LogP contribution in [0.1, 0.15) is 20.7 Å². The molecular formula is C14H11NO5. The number of hydrogen-bond donors (Lipinski definition) is 4. The number of benzene rings is 2. The molecular weight excluding hydrogens is 262 g/mol. The number of aromatic hydroxyl groups is 3. The predicted molar refractivity (Wildman–Crippen MR) is 69.7 cm³/mol. The monoisotopic (exact) mass is 273 g/mol. The number of carbonyl (C=O) groups excluding carboxylic acids is 2. The van der Waals surface area contributed by atoms with E-state index in [0.29, 0.717) is 5.56 Å². The second-order valence-corrected chi connectivity index (χ2v) is 4.01. The Morgan fingerprint density at radius 2 is 1.30 bits per heavy atom. The van der Waals surface area contributed by atoms with Crippen molar-refractivity contribution in [1.82, 2.24) is 5.32 Å². The van der Waals surface area contributed by atoms with Gasteiger partial charge in [-0.1, -0.05) is 18.2 Å². The van der Waals surface area contributed by atoms with Gasteiger partial charge in [0.2, 0.25) is 0 Å². The molecule has 0 unspecified atom stereocenters. The topological polar surface area (TPSA) is 107 Å². The van der Waals surface area contributed by atoms with E-state index >= 15 is 0 Å². The SMILES string of the molecule is O=C(NC(=O)c1cc(O)c(O)c(O)c1)c1ccccc1. The van der Waals surface area contributed by atoms with Crippen LogP contribution in [0, 0.1) is 0 Å². The largest absolute Gasteiger partial charge is 0.504 e. The Bertz CT molecular complexity index is 644. The minimum Gasteiger partial charge on any atom is -0.504 e. The first-order valence-corrected chi connectivity index (χ1v) is 5.64. The molecule has 0 spiro atoms. The lowest BCUT2D eigenvalue weighted by atomic mass is 10.1. The molecule has 0 heterocycles. The van der Waals surface area contributed by atoms with Crippen molar-refractivity contribution in [3.63, 3.8) is 0 Å². The van der Waals surface area contributed by atoms with E-state index in [2.05, 4.69) is 5.32 Å². The summed E-state index contributed by atoms with van der Waals surface area (Å²) in [7, 11) is 0. The summed E-state index contributed by atoms with van der Waals surface area (Å²) in [6.45, 7) is 0. The van der Waals surface area contributed by atoms with Crippen molar-refractivity contribution in [1.29, 1.82) is 0 Å². The van der Waals surface area contributed by atoms with E-state index in [4.69, 9.17) is 0 Å². The Hall–Kier alpha value is -3.02. The van der Waals surface area contributed by atoms with Crippen molar-refractivity contribution >= 4 is 11.8 Å². The quantitative estimate of drug-likeness (QED) is 0.488. The molecule has 0 saturated carbocycles. The van der Waals surface area contributed by atoms with Gasteiger partial charge in [-0.15, -0.1) is 0 Å². The summed E-state index contributed by atoms with van der Waals surface area (Å²) in [6.07, 6.45) is 0. The zero-order valence-electron chi connectivity index (χ0n) is 10.2. The third-order valence-electron chi connectivity index (χ3n) is 2.59. The Morgan fingerprint density at radius 3 is 1.85 bits per heavy atom. The van der Waals surface area contributed by atoms with E-state index < -0.39 is 29.1 Å².